The first-order chi connectivity index (χ1) is 7.13. The van der Waals surface area contributed by atoms with Gasteiger partial charge in [-0.15, -0.1) is 0 Å². The summed E-state index contributed by atoms with van der Waals surface area (Å²) >= 11 is 5.91. The first kappa shape index (κ1) is 12.5. The van der Waals surface area contributed by atoms with E-state index in [0.29, 0.717) is 29.8 Å². The molecule has 5 heteroatoms. The topological polar surface area (TPSA) is 27.1 Å². The molecule has 0 aromatic carbocycles. The fraction of sp³-hybridized carbons (Fsp3) is 0.700. The number of rotatable bonds is 6. The Morgan fingerprint density at radius 3 is 2.93 bits per heavy atom. The second-order valence-corrected chi connectivity index (χ2v) is 4.19. The molecule has 3 nitrogen and oxygen atoms in total. The van der Waals surface area contributed by atoms with Gasteiger partial charge in [-0.3, -0.25) is 4.68 Å². The van der Waals surface area contributed by atoms with Gasteiger partial charge in [0, 0.05) is 12.8 Å². The molecule has 1 heterocycles. The van der Waals surface area contributed by atoms with E-state index in [1.807, 2.05) is 0 Å². The van der Waals surface area contributed by atoms with E-state index in [-0.39, 0.29) is 6.54 Å². The number of nitrogens with zero attached hydrogens (tertiary/aromatic N) is 2. The van der Waals surface area contributed by atoms with Crippen LogP contribution in [0.4, 0.5) is 4.39 Å². The Morgan fingerprint density at radius 1 is 1.60 bits per heavy atom. The predicted octanol–water partition coefficient (Wildman–Crippen LogP) is 2.68. The van der Waals surface area contributed by atoms with Crippen LogP contribution in [0.25, 0.3) is 0 Å². The fourth-order valence-electron chi connectivity index (χ4n) is 1.13. The summed E-state index contributed by atoms with van der Waals surface area (Å²) in [6.45, 7) is 5.00. The average Bonchev–Trinajstić information content (AvgIpc) is 2.47. The predicted molar refractivity (Wildman–Crippen MR) is 57.7 cm³/mol. The van der Waals surface area contributed by atoms with Crippen LogP contribution in [0.15, 0.2) is 6.20 Å². The second-order valence-electron chi connectivity index (χ2n) is 3.78. The molecule has 0 N–H and O–H groups in total. The van der Waals surface area contributed by atoms with E-state index < -0.39 is 6.67 Å². The molecule has 0 atom stereocenters. The lowest BCUT2D eigenvalue weighted by Crippen LogP contribution is -2.04. The Labute approximate surface area is 94.2 Å². The van der Waals surface area contributed by atoms with Crippen LogP contribution >= 0.6 is 11.6 Å². The zero-order valence-corrected chi connectivity index (χ0v) is 9.80. The van der Waals surface area contributed by atoms with Crippen molar-refractivity contribution < 1.29 is 9.13 Å². The highest BCUT2D eigenvalue weighted by atomic mass is 35.5. The summed E-state index contributed by atoms with van der Waals surface area (Å²) in [4.78, 5) is 0. The summed E-state index contributed by atoms with van der Waals surface area (Å²) < 4.78 is 18.9. The van der Waals surface area contributed by atoms with E-state index in [4.69, 9.17) is 16.3 Å². The van der Waals surface area contributed by atoms with Gasteiger partial charge in [-0.25, -0.2) is 4.39 Å². The van der Waals surface area contributed by atoms with E-state index >= 15 is 0 Å². The lowest BCUT2D eigenvalue weighted by Gasteiger charge is -2.04. The number of aromatic nitrogens is 2. The van der Waals surface area contributed by atoms with Crippen molar-refractivity contribution in [2.75, 3.05) is 13.3 Å². The Bertz CT molecular complexity index is 302. The molecule has 0 aliphatic heterocycles. The van der Waals surface area contributed by atoms with Gasteiger partial charge in [0.1, 0.15) is 12.4 Å². The molecule has 0 amide bonds. The van der Waals surface area contributed by atoms with Gasteiger partial charge in [0.15, 0.2) is 0 Å². The summed E-state index contributed by atoms with van der Waals surface area (Å²) in [5.74, 6) is 0.483. The van der Waals surface area contributed by atoms with Crippen LogP contribution < -0.4 is 0 Å². The summed E-state index contributed by atoms with van der Waals surface area (Å²) in [6.07, 6.45) is 1.62. The van der Waals surface area contributed by atoms with Crippen LogP contribution in [0.3, 0.4) is 0 Å². The van der Waals surface area contributed by atoms with Crippen LogP contribution in [0.1, 0.15) is 19.5 Å². The van der Waals surface area contributed by atoms with Crippen molar-refractivity contribution in [3.63, 3.8) is 0 Å². The molecule has 0 aliphatic rings. The van der Waals surface area contributed by atoms with Crippen LogP contribution in [-0.4, -0.2) is 23.1 Å². The van der Waals surface area contributed by atoms with E-state index in [0.717, 1.165) is 0 Å². The molecule has 0 aliphatic carbocycles. The van der Waals surface area contributed by atoms with Gasteiger partial charge >= 0.3 is 0 Å². The van der Waals surface area contributed by atoms with Gasteiger partial charge < -0.3 is 4.74 Å². The number of ether oxygens (including phenoxy) is 1. The summed E-state index contributed by atoms with van der Waals surface area (Å²) in [6, 6.07) is 0. The Balaban J connectivity index is 2.46. The molecule has 86 valence electrons. The minimum atomic E-state index is -0.440. The van der Waals surface area contributed by atoms with Crippen LogP contribution in [0.5, 0.6) is 0 Å². The molecule has 0 spiro atoms. The molecule has 0 fully saturated rings. The van der Waals surface area contributed by atoms with E-state index in [1.165, 1.54) is 4.68 Å². The van der Waals surface area contributed by atoms with Crippen molar-refractivity contribution in [2.24, 2.45) is 5.92 Å². The average molecular weight is 235 g/mol. The number of hydrogen-bond donors (Lipinski definition) is 0. The zero-order valence-electron chi connectivity index (χ0n) is 9.04. The minimum absolute atomic E-state index is 0.240. The molecular weight excluding hydrogens is 219 g/mol. The number of alkyl halides is 1. The van der Waals surface area contributed by atoms with Gasteiger partial charge in [-0.1, -0.05) is 25.4 Å². The van der Waals surface area contributed by atoms with Gasteiger partial charge in [0.25, 0.3) is 0 Å². The van der Waals surface area contributed by atoms with E-state index in [2.05, 4.69) is 18.9 Å². The smallest absolute Gasteiger partial charge is 0.109 e. The molecule has 1 aromatic rings. The molecule has 0 saturated heterocycles. The van der Waals surface area contributed by atoms with Crippen LogP contribution in [-0.2, 0) is 17.9 Å². The molecule has 0 radical (unpaired) electrons. The van der Waals surface area contributed by atoms with Crippen molar-refractivity contribution >= 4 is 11.6 Å². The van der Waals surface area contributed by atoms with Crippen molar-refractivity contribution in [1.29, 1.82) is 0 Å². The van der Waals surface area contributed by atoms with Crippen molar-refractivity contribution in [3.8, 4) is 0 Å². The standard InChI is InChI=1S/C10H16ClFN2O/c1-8(2)6-15-7-10-9(11)5-14(13-10)4-3-12/h5,8H,3-4,6-7H2,1-2H3. The minimum Gasteiger partial charge on any atom is -0.375 e. The molecule has 0 unspecified atom stereocenters. The van der Waals surface area contributed by atoms with Crippen molar-refractivity contribution in [1.82, 2.24) is 9.78 Å². The largest absolute Gasteiger partial charge is 0.375 e. The third kappa shape index (κ3) is 4.18. The SMILES string of the molecule is CC(C)COCc1nn(CCF)cc1Cl. The quantitative estimate of drug-likeness (QED) is 0.757. The Kier molecular flexibility index (Phi) is 5.05. The lowest BCUT2D eigenvalue weighted by molar-refractivity contribution is 0.0944. The molecule has 0 saturated carbocycles. The first-order valence-corrected chi connectivity index (χ1v) is 5.36. The van der Waals surface area contributed by atoms with Gasteiger partial charge in [-0.2, -0.15) is 5.10 Å². The number of hydrogen-bond acceptors (Lipinski definition) is 2. The first-order valence-electron chi connectivity index (χ1n) is 4.99. The molecule has 15 heavy (non-hydrogen) atoms. The van der Waals surface area contributed by atoms with Crippen LogP contribution in [0, 0.1) is 5.92 Å². The summed E-state index contributed by atoms with van der Waals surface area (Å²) in [7, 11) is 0. The molecular formula is C10H16ClFN2O. The van der Waals surface area contributed by atoms with E-state index in [1.54, 1.807) is 6.20 Å². The Hall–Kier alpha value is -0.610. The maximum Gasteiger partial charge on any atom is 0.109 e. The highest BCUT2D eigenvalue weighted by Crippen LogP contribution is 2.15. The normalized spacial score (nSPS) is 11.3. The third-order valence-electron chi connectivity index (χ3n) is 1.79. The van der Waals surface area contributed by atoms with Gasteiger partial charge in [-0.05, 0) is 5.92 Å². The molecule has 0 bridgehead atoms. The zero-order chi connectivity index (χ0) is 11.3. The van der Waals surface area contributed by atoms with Gasteiger partial charge in [0.05, 0.1) is 18.2 Å². The monoisotopic (exact) mass is 234 g/mol. The number of aryl methyl sites for hydroxylation is 1. The second kappa shape index (κ2) is 6.08. The number of halogens is 2. The van der Waals surface area contributed by atoms with E-state index in [9.17, 15) is 4.39 Å². The maximum absolute atomic E-state index is 12.0. The summed E-state index contributed by atoms with van der Waals surface area (Å²) in [5, 5.41) is 4.65. The Morgan fingerprint density at radius 2 is 2.33 bits per heavy atom. The maximum atomic E-state index is 12.0. The van der Waals surface area contributed by atoms with Crippen molar-refractivity contribution in [3.05, 3.63) is 16.9 Å². The third-order valence-corrected chi connectivity index (χ3v) is 2.11. The molecule has 1 aromatic heterocycles. The fourth-order valence-corrected chi connectivity index (χ4v) is 1.33. The lowest BCUT2D eigenvalue weighted by atomic mass is 10.2. The van der Waals surface area contributed by atoms with Gasteiger partial charge in [0.2, 0.25) is 0 Å². The van der Waals surface area contributed by atoms with Crippen molar-refractivity contribution in [2.45, 2.75) is 27.0 Å². The summed E-state index contributed by atoms with van der Waals surface area (Å²) in [5.41, 5.74) is 0.672. The highest BCUT2D eigenvalue weighted by Gasteiger charge is 2.07. The van der Waals surface area contributed by atoms with Crippen LogP contribution in [0.2, 0.25) is 5.02 Å². The molecule has 1 rings (SSSR count). The highest BCUT2D eigenvalue weighted by molar-refractivity contribution is 6.31.